The Morgan fingerprint density at radius 2 is 2.26 bits per heavy atom. The SMILES string of the molecule is CCNC(=O)C(C)Nc1nc(N)nc2sc(C)cc12. The standard InChI is InChI=1S/C12H17N5OS/c1-4-14-10(18)7(3)15-9-8-5-6(2)19-11(8)17-12(13)16-9/h5,7H,4H2,1-3H3,(H,14,18)(H3,13,15,16,17). The number of aryl methyl sites for hydroxylation is 1. The van der Waals surface area contributed by atoms with Crippen LogP contribution in [0.2, 0.25) is 0 Å². The average molecular weight is 279 g/mol. The maximum absolute atomic E-state index is 11.7. The van der Waals surface area contributed by atoms with Gasteiger partial charge in [-0.25, -0.2) is 4.98 Å². The van der Waals surface area contributed by atoms with E-state index in [9.17, 15) is 4.79 Å². The molecule has 102 valence electrons. The van der Waals surface area contributed by atoms with E-state index in [1.165, 1.54) is 0 Å². The first kappa shape index (κ1) is 13.5. The predicted octanol–water partition coefficient (Wildman–Crippen LogP) is 1.52. The van der Waals surface area contributed by atoms with Crippen molar-refractivity contribution in [2.75, 3.05) is 17.6 Å². The van der Waals surface area contributed by atoms with E-state index in [0.29, 0.717) is 12.4 Å². The summed E-state index contributed by atoms with van der Waals surface area (Å²) in [7, 11) is 0. The number of aromatic nitrogens is 2. The number of nitrogens with zero attached hydrogens (tertiary/aromatic N) is 2. The van der Waals surface area contributed by atoms with E-state index in [1.807, 2.05) is 19.9 Å². The van der Waals surface area contributed by atoms with Crippen LogP contribution < -0.4 is 16.4 Å². The van der Waals surface area contributed by atoms with Gasteiger partial charge in [0, 0.05) is 11.4 Å². The number of thiophene rings is 1. The Hall–Kier alpha value is -1.89. The molecule has 2 aromatic heterocycles. The van der Waals surface area contributed by atoms with E-state index in [-0.39, 0.29) is 17.9 Å². The van der Waals surface area contributed by atoms with Crippen molar-refractivity contribution in [3.05, 3.63) is 10.9 Å². The van der Waals surface area contributed by atoms with Gasteiger partial charge in [0.2, 0.25) is 11.9 Å². The molecule has 2 rings (SSSR count). The summed E-state index contributed by atoms with van der Waals surface area (Å²) in [5.74, 6) is 0.741. The third-order valence-electron chi connectivity index (χ3n) is 2.63. The number of amides is 1. The Morgan fingerprint density at radius 1 is 1.53 bits per heavy atom. The minimum absolute atomic E-state index is 0.0696. The molecular formula is C12H17N5OS. The van der Waals surface area contributed by atoms with Crippen LogP contribution in [0.1, 0.15) is 18.7 Å². The van der Waals surface area contributed by atoms with Gasteiger partial charge in [0.1, 0.15) is 16.7 Å². The lowest BCUT2D eigenvalue weighted by Gasteiger charge is -2.14. The van der Waals surface area contributed by atoms with Crippen LogP contribution in [0.4, 0.5) is 11.8 Å². The van der Waals surface area contributed by atoms with Gasteiger partial charge in [-0.05, 0) is 26.8 Å². The molecular weight excluding hydrogens is 262 g/mol. The molecule has 1 unspecified atom stereocenters. The zero-order valence-electron chi connectivity index (χ0n) is 11.2. The van der Waals surface area contributed by atoms with Crippen molar-refractivity contribution in [3.8, 4) is 0 Å². The van der Waals surface area contributed by atoms with Crippen molar-refractivity contribution in [2.45, 2.75) is 26.8 Å². The second-order valence-corrected chi connectivity index (χ2v) is 5.50. The van der Waals surface area contributed by atoms with Crippen LogP contribution in [0, 0.1) is 6.92 Å². The molecule has 2 heterocycles. The van der Waals surface area contributed by atoms with E-state index >= 15 is 0 Å². The van der Waals surface area contributed by atoms with Crippen LogP contribution in [0.3, 0.4) is 0 Å². The first-order valence-electron chi connectivity index (χ1n) is 6.09. The lowest BCUT2D eigenvalue weighted by molar-refractivity contribution is -0.121. The zero-order chi connectivity index (χ0) is 14.0. The third kappa shape index (κ3) is 2.93. The Morgan fingerprint density at radius 3 is 2.95 bits per heavy atom. The monoisotopic (exact) mass is 279 g/mol. The second kappa shape index (κ2) is 5.40. The Bertz CT molecular complexity index is 609. The number of hydrogen-bond acceptors (Lipinski definition) is 6. The van der Waals surface area contributed by atoms with E-state index < -0.39 is 0 Å². The molecule has 0 aliphatic rings. The largest absolute Gasteiger partial charge is 0.368 e. The summed E-state index contributed by atoms with van der Waals surface area (Å²) >= 11 is 1.55. The van der Waals surface area contributed by atoms with Gasteiger partial charge in [0.25, 0.3) is 0 Å². The lowest BCUT2D eigenvalue weighted by Crippen LogP contribution is -2.37. The highest BCUT2D eigenvalue weighted by molar-refractivity contribution is 7.18. The number of anilines is 2. The molecule has 4 N–H and O–H groups in total. The van der Waals surface area contributed by atoms with Gasteiger partial charge in [-0.3, -0.25) is 4.79 Å². The lowest BCUT2D eigenvalue weighted by atomic mass is 10.3. The highest BCUT2D eigenvalue weighted by atomic mass is 32.1. The Labute approximate surface area is 115 Å². The summed E-state index contributed by atoms with van der Waals surface area (Å²) in [6, 6.07) is 1.62. The van der Waals surface area contributed by atoms with Crippen LogP contribution in [0.25, 0.3) is 10.2 Å². The zero-order valence-corrected chi connectivity index (χ0v) is 12.0. The summed E-state index contributed by atoms with van der Waals surface area (Å²) in [5.41, 5.74) is 5.69. The number of carbonyl (C=O) groups is 1. The number of fused-ring (bicyclic) bond motifs is 1. The Kier molecular flexibility index (Phi) is 3.84. The number of likely N-dealkylation sites (N-methyl/N-ethyl adjacent to an activating group) is 1. The summed E-state index contributed by atoms with van der Waals surface area (Å²) < 4.78 is 0. The second-order valence-electron chi connectivity index (χ2n) is 4.27. The molecule has 6 nitrogen and oxygen atoms in total. The topological polar surface area (TPSA) is 92.9 Å². The molecule has 7 heteroatoms. The molecule has 0 saturated carbocycles. The molecule has 0 fully saturated rings. The summed E-state index contributed by atoms with van der Waals surface area (Å²) in [5, 5.41) is 6.74. The van der Waals surface area contributed by atoms with Crippen LogP contribution in [0.15, 0.2) is 6.07 Å². The minimum atomic E-state index is -0.377. The fourth-order valence-electron chi connectivity index (χ4n) is 1.77. The van der Waals surface area contributed by atoms with E-state index in [1.54, 1.807) is 18.3 Å². The van der Waals surface area contributed by atoms with Crippen molar-refractivity contribution >= 4 is 39.2 Å². The molecule has 0 saturated heterocycles. The summed E-state index contributed by atoms with van der Waals surface area (Å²) in [6.07, 6.45) is 0. The molecule has 0 radical (unpaired) electrons. The number of nitrogen functional groups attached to an aromatic ring is 1. The maximum Gasteiger partial charge on any atom is 0.242 e. The average Bonchev–Trinajstić information content (AvgIpc) is 2.69. The van der Waals surface area contributed by atoms with Gasteiger partial charge >= 0.3 is 0 Å². The van der Waals surface area contributed by atoms with Crippen molar-refractivity contribution in [1.82, 2.24) is 15.3 Å². The molecule has 19 heavy (non-hydrogen) atoms. The molecule has 0 aromatic carbocycles. The smallest absolute Gasteiger partial charge is 0.242 e. The first-order valence-corrected chi connectivity index (χ1v) is 6.90. The molecule has 2 aromatic rings. The van der Waals surface area contributed by atoms with Gasteiger partial charge in [-0.1, -0.05) is 0 Å². The summed E-state index contributed by atoms with van der Waals surface area (Å²) in [6.45, 7) is 6.27. The van der Waals surface area contributed by atoms with Crippen LogP contribution in [-0.2, 0) is 4.79 Å². The third-order valence-corrected chi connectivity index (χ3v) is 3.58. The highest BCUT2D eigenvalue weighted by Crippen LogP contribution is 2.29. The highest BCUT2D eigenvalue weighted by Gasteiger charge is 2.15. The van der Waals surface area contributed by atoms with E-state index in [0.717, 1.165) is 15.1 Å². The number of hydrogen-bond donors (Lipinski definition) is 3. The van der Waals surface area contributed by atoms with E-state index in [2.05, 4.69) is 20.6 Å². The predicted molar refractivity (Wildman–Crippen MR) is 78.3 cm³/mol. The number of nitrogens with one attached hydrogen (secondary N) is 2. The molecule has 0 spiro atoms. The maximum atomic E-state index is 11.7. The van der Waals surface area contributed by atoms with Gasteiger partial charge < -0.3 is 16.4 Å². The van der Waals surface area contributed by atoms with Crippen LogP contribution in [0.5, 0.6) is 0 Å². The molecule has 1 atom stereocenters. The van der Waals surface area contributed by atoms with Gasteiger partial charge in [0.05, 0.1) is 5.39 Å². The normalized spacial score (nSPS) is 12.4. The minimum Gasteiger partial charge on any atom is -0.368 e. The van der Waals surface area contributed by atoms with Crippen molar-refractivity contribution in [2.24, 2.45) is 0 Å². The summed E-state index contributed by atoms with van der Waals surface area (Å²) in [4.78, 5) is 22.1. The molecule has 1 amide bonds. The van der Waals surface area contributed by atoms with Gasteiger partial charge in [0.15, 0.2) is 0 Å². The quantitative estimate of drug-likeness (QED) is 0.789. The molecule has 0 bridgehead atoms. The van der Waals surface area contributed by atoms with Crippen molar-refractivity contribution in [3.63, 3.8) is 0 Å². The van der Waals surface area contributed by atoms with Gasteiger partial charge in [-0.15, -0.1) is 11.3 Å². The number of carbonyl (C=O) groups excluding carboxylic acids is 1. The van der Waals surface area contributed by atoms with Crippen LogP contribution in [-0.4, -0.2) is 28.5 Å². The van der Waals surface area contributed by atoms with E-state index in [4.69, 9.17) is 5.73 Å². The fourth-order valence-corrected chi connectivity index (χ4v) is 2.65. The first-order chi connectivity index (χ1) is 9.01. The molecule has 0 aliphatic heterocycles. The van der Waals surface area contributed by atoms with Crippen LogP contribution >= 0.6 is 11.3 Å². The number of nitrogens with two attached hydrogens (primary N) is 1. The number of rotatable bonds is 4. The Balaban J connectivity index is 2.31. The molecule has 0 aliphatic carbocycles. The van der Waals surface area contributed by atoms with Crippen molar-refractivity contribution < 1.29 is 4.79 Å². The fraction of sp³-hybridized carbons (Fsp3) is 0.417. The van der Waals surface area contributed by atoms with Crippen molar-refractivity contribution in [1.29, 1.82) is 0 Å². The van der Waals surface area contributed by atoms with Gasteiger partial charge in [-0.2, -0.15) is 4.98 Å².